The van der Waals surface area contributed by atoms with Gasteiger partial charge in [0.05, 0.1) is 17.5 Å². The molecule has 1 atom stereocenters. The van der Waals surface area contributed by atoms with Crippen molar-refractivity contribution >= 4 is 15.7 Å². The van der Waals surface area contributed by atoms with E-state index in [9.17, 15) is 13.2 Å². The highest BCUT2D eigenvalue weighted by molar-refractivity contribution is 7.92. The standard InChI is InChI=1S/C20H23NO4S/c1-20(2)21(17(14-25-20)13-16-9-5-3-6-10-16)19(22)15-26(23,24)18-11-7-4-8-12-18/h3-12,17H,13-15H2,1-2H3/t17-/m0/s1. The molecule has 0 aromatic heterocycles. The van der Waals surface area contributed by atoms with E-state index < -0.39 is 27.2 Å². The second-order valence-corrected chi connectivity index (χ2v) is 8.93. The first-order valence-corrected chi connectivity index (χ1v) is 10.2. The zero-order valence-corrected chi connectivity index (χ0v) is 15.8. The highest BCUT2D eigenvalue weighted by Crippen LogP contribution is 2.30. The van der Waals surface area contributed by atoms with Crippen LogP contribution in [-0.4, -0.2) is 43.4 Å². The Labute approximate surface area is 154 Å². The Morgan fingerprint density at radius 2 is 1.65 bits per heavy atom. The first kappa shape index (κ1) is 18.6. The van der Waals surface area contributed by atoms with Gasteiger partial charge in [0.2, 0.25) is 5.91 Å². The third kappa shape index (κ3) is 3.97. The summed E-state index contributed by atoms with van der Waals surface area (Å²) in [5, 5.41) is 0. The lowest BCUT2D eigenvalue weighted by atomic mass is 10.0. The summed E-state index contributed by atoms with van der Waals surface area (Å²) < 4.78 is 31.0. The van der Waals surface area contributed by atoms with Gasteiger partial charge < -0.3 is 9.64 Å². The van der Waals surface area contributed by atoms with Gasteiger partial charge in [-0.1, -0.05) is 48.5 Å². The molecule has 1 heterocycles. The third-order valence-electron chi connectivity index (χ3n) is 4.57. The van der Waals surface area contributed by atoms with E-state index in [-0.39, 0.29) is 10.9 Å². The zero-order valence-electron chi connectivity index (χ0n) is 15.0. The molecule has 0 radical (unpaired) electrons. The lowest BCUT2D eigenvalue weighted by Crippen LogP contribution is -2.50. The van der Waals surface area contributed by atoms with Gasteiger partial charge in [0, 0.05) is 0 Å². The van der Waals surface area contributed by atoms with Crippen LogP contribution in [0.25, 0.3) is 0 Å². The molecule has 1 saturated heterocycles. The molecule has 2 aromatic rings. The average Bonchev–Trinajstić information content (AvgIpc) is 2.90. The molecular weight excluding hydrogens is 350 g/mol. The van der Waals surface area contributed by atoms with Crippen LogP contribution in [0.5, 0.6) is 0 Å². The second kappa shape index (κ2) is 7.21. The summed E-state index contributed by atoms with van der Waals surface area (Å²) in [5.41, 5.74) is 0.255. The minimum absolute atomic E-state index is 0.158. The Kier molecular flexibility index (Phi) is 5.16. The molecule has 3 rings (SSSR count). The fourth-order valence-electron chi connectivity index (χ4n) is 3.37. The summed E-state index contributed by atoms with van der Waals surface area (Å²) >= 11 is 0. The number of rotatable bonds is 5. The van der Waals surface area contributed by atoms with E-state index in [1.54, 1.807) is 36.9 Å². The van der Waals surface area contributed by atoms with Crippen LogP contribution in [-0.2, 0) is 25.8 Å². The van der Waals surface area contributed by atoms with E-state index >= 15 is 0 Å². The smallest absolute Gasteiger partial charge is 0.240 e. The molecule has 1 aliphatic rings. The van der Waals surface area contributed by atoms with Gasteiger partial charge in [0.1, 0.15) is 11.5 Å². The van der Waals surface area contributed by atoms with Crippen molar-refractivity contribution in [2.45, 2.75) is 36.9 Å². The first-order chi connectivity index (χ1) is 12.3. The third-order valence-corrected chi connectivity index (χ3v) is 6.19. The summed E-state index contributed by atoms with van der Waals surface area (Å²) in [6.45, 7) is 3.98. The fourth-order valence-corrected chi connectivity index (χ4v) is 4.57. The molecule has 0 unspecified atom stereocenters. The normalized spacial score (nSPS) is 19.5. The lowest BCUT2D eigenvalue weighted by Gasteiger charge is -2.33. The maximum Gasteiger partial charge on any atom is 0.240 e. The fraction of sp³-hybridized carbons (Fsp3) is 0.350. The minimum atomic E-state index is -3.69. The van der Waals surface area contributed by atoms with Crippen molar-refractivity contribution in [3.8, 4) is 0 Å². The molecule has 0 bridgehead atoms. The molecule has 5 nitrogen and oxygen atoms in total. The Morgan fingerprint density at radius 1 is 1.08 bits per heavy atom. The molecule has 0 spiro atoms. The van der Waals surface area contributed by atoms with Crippen LogP contribution < -0.4 is 0 Å². The maximum atomic E-state index is 12.9. The first-order valence-electron chi connectivity index (χ1n) is 8.57. The minimum Gasteiger partial charge on any atom is -0.354 e. The molecule has 6 heteroatoms. The van der Waals surface area contributed by atoms with E-state index in [0.29, 0.717) is 13.0 Å². The molecule has 1 amide bonds. The highest BCUT2D eigenvalue weighted by atomic mass is 32.2. The number of carbonyl (C=O) groups excluding carboxylic acids is 1. The van der Waals surface area contributed by atoms with Crippen molar-refractivity contribution in [3.05, 3.63) is 66.2 Å². The number of ether oxygens (including phenoxy) is 1. The molecule has 26 heavy (non-hydrogen) atoms. The number of carbonyl (C=O) groups is 1. The van der Waals surface area contributed by atoms with Crippen molar-refractivity contribution in [1.29, 1.82) is 0 Å². The van der Waals surface area contributed by atoms with Gasteiger partial charge in [-0.05, 0) is 38.0 Å². The summed E-state index contributed by atoms with van der Waals surface area (Å²) in [6.07, 6.45) is 0.626. The Morgan fingerprint density at radius 3 is 2.27 bits per heavy atom. The molecule has 138 valence electrons. The Hall–Kier alpha value is -2.18. The maximum absolute atomic E-state index is 12.9. The summed E-state index contributed by atoms with van der Waals surface area (Å²) in [6, 6.07) is 17.7. The van der Waals surface area contributed by atoms with Crippen molar-refractivity contribution in [1.82, 2.24) is 4.90 Å². The quantitative estimate of drug-likeness (QED) is 0.808. The van der Waals surface area contributed by atoms with Gasteiger partial charge in [-0.2, -0.15) is 0 Å². The summed E-state index contributed by atoms with van der Waals surface area (Å²) in [5.74, 6) is -0.993. The Bertz CT molecular complexity index is 863. The van der Waals surface area contributed by atoms with E-state index in [1.807, 2.05) is 30.3 Å². The molecule has 1 aliphatic heterocycles. The van der Waals surface area contributed by atoms with Crippen molar-refractivity contribution in [2.75, 3.05) is 12.4 Å². The van der Waals surface area contributed by atoms with Crippen LogP contribution in [0.3, 0.4) is 0 Å². The predicted molar refractivity (Wildman–Crippen MR) is 99.3 cm³/mol. The number of hydrogen-bond acceptors (Lipinski definition) is 4. The van der Waals surface area contributed by atoms with Crippen LogP contribution in [0, 0.1) is 0 Å². The van der Waals surface area contributed by atoms with E-state index in [0.717, 1.165) is 5.56 Å². The monoisotopic (exact) mass is 373 g/mol. The second-order valence-electron chi connectivity index (χ2n) is 6.94. The van der Waals surface area contributed by atoms with Crippen molar-refractivity contribution in [2.24, 2.45) is 0 Å². The number of sulfone groups is 1. The van der Waals surface area contributed by atoms with Gasteiger partial charge in [-0.25, -0.2) is 8.42 Å². The van der Waals surface area contributed by atoms with Crippen LogP contribution in [0.4, 0.5) is 0 Å². The number of hydrogen-bond donors (Lipinski definition) is 0. The molecule has 0 N–H and O–H groups in total. The molecular formula is C20H23NO4S. The van der Waals surface area contributed by atoms with Crippen LogP contribution >= 0.6 is 0 Å². The van der Waals surface area contributed by atoms with Gasteiger partial charge in [0.25, 0.3) is 0 Å². The zero-order chi connectivity index (χ0) is 18.8. The van der Waals surface area contributed by atoms with Crippen LogP contribution in [0.15, 0.2) is 65.6 Å². The van der Waals surface area contributed by atoms with Crippen molar-refractivity contribution < 1.29 is 17.9 Å². The molecule has 2 aromatic carbocycles. The number of benzene rings is 2. The van der Waals surface area contributed by atoms with Gasteiger partial charge in [0.15, 0.2) is 9.84 Å². The summed E-state index contributed by atoms with van der Waals surface area (Å²) in [7, 11) is -3.69. The SMILES string of the molecule is CC1(C)OC[C@H](Cc2ccccc2)N1C(=O)CS(=O)(=O)c1ccccc1. The molecule has 1 fully saturated rings. The van der Waals surface area contributed by atoms with Gasteiger partial charge >= 0.3 is 0 Å². The predicted octanol–water partition coefficient (Wildman–Crippen LogP) is 2.67. The number of nitrogens with zero attached hydrogens (tertiary/aromatic N) is 1. The van der Waals surface area contributed by atoms with E-state index in [1.165, 1.54) is 12.1 Å². The van der Waals surface area contributed by atoms with Crippen LogP contribution in [0.1, 0.15) is 19.4 Å². The average molecular weight is 373 g/mol. The Balaban J connectivity index is 1.80. The lowest BCUT2D eigenvalue weighted by molar-refractivity contribution is -0.143. The molecule has 0 aliphatic carbocycles. The topological polar surface area (TPSA) is 63.7 Å². The number of amides is 1. The largest absolute Gasteiger partial charge is 0.354 e. The highest BCUT2D eigenvalue weighted by Gasteiger charge is 2.44. The van der Waals surface area contributed by atoms with E-state index in [2.05, 4.69) is 0 Å². The van der Waals surface area contributed by atoms with Crippen molar-refractivity contribution in [3.63, 3.8) is 0 Å². The molecule has 0 saturated carbocycles. The van der Waals surface area contributed by atoms with Crippen LogP contribution in [0.2, 0.25) is 0 Å². The van der Waals surface area contributed by atoms with E-state index in [4.69, 9.17) is 4.74 Å². The summed E-state index contributed by atoms with van der Waals surface area (Å²) in [4.78, 5) is 14.7. The van der Waals surface area contributed by atoms with Gasteiger partial charge in [-0.3, -0.25) is 4.79 Å². The van der Waals surface area contributed by atoms with Gasteiger partial charge in [-0.15, -0.1) is 0 Å².